The van der Waals surface area contributed by atoms with Gasteiger partial charge in [0.15, 0.2) is 0 Å². The van der Waals surface area contributed by atoms with Crippen LogP contribution in [0.2, 0.25) is 5.02 Å². The monoisotopic (exact) mass is 341 g/mol. The van der Waals surface area contributed by atoms with Crippen LogP contribution in [0.3, 0.4) is 0 Å². The Labute approximate surface area is 149 Å². The van der Waals surface area contributed by atoms with Crippen molar-refractivity contribution in [2.24, 2.45) is 0 Å². The zero-order valence-corrected chi connectivity index (χ0v) is 15.2. The summed E-state index contributed by atoms with van der Waals surface area (Å²) in [6.07, 6.45) is 3.32. The minimum atomic E-state index is 0.230. The number of rotatable bonds is 4. The van der Waals surface area contributed by atoms with Gasteiger partial charge in [0.05, 0.1) is 6.04 Å². The van der Waals surface area contributed by atoms with E-state index < -0.39 is 0 Å². The van der Waals surface area contributed by atoms with E-state index in [1.54, 1.807) is 0 Å². The van der Waals surface area contributed by atoms with Crippen LogP contribution in [0.1, 0.15) is 23.6 Å². The van der Waals surface area contributed by atoms with E-state index in [1.807, 2.05) is 19.2 Å². The van der Waals surface area contributed by atoms with Crippen LogP contribution >= 0.6 is 11.6 Å². The van der Waals surface area contributed by atoms with Crippen molar-refractivity contribution in [3.63, 3.8) is 0 Å². The number of anilines is 2. The average molecular weight is 342 g/mol. The van der Waals surface area contributed by atoms with Gasteiger partial charge in [-0.1, -0.05) is 29.8 Å². The molecule has 126 valence electrons. The summed E-state index contributed by atoms with van der Waals surface area (Å²) in [5, 5.41) is 7.64. The van der Waals surface area contributed by atoms with Crippen molar-refractivity contribution in [1.82, 2.24) is 5.32 Å². The minimum Gasteiger partial charge on any atom is -0.388 e. The van der Waals surface area contributed by atoms with Crippen molar-refractivity contribution in [2.45, 2.75) is 12.5 Å². The lowest BCUT2D eigenvalue weighted by Gasteiger charge is -2.25. The predicted molar refractivity (Wildman–Crippen MR) is 105 cm³/mol. The van der Waals surface area contributed by atoms with Crippen molar-refractivity contribution in [1.29, 1.82) is 0 Å². The van der Waals surface area contributed by atoms with Gasteiger partial charge in [-0.25, -0.2) is 0 Å². The Morgan fingerprint density at radius 1 is 1.12 bits per heavy atom. The first-order chi connectivity index (χ1) is 11.6. The first kappa shape index (κ1) is 16.9. The summed E-state index contributed by atoms with van der Waals surface area (Å²) in [6, 6.07) is 15.0. The molecule has 0 radical (unpaired) electrons. The molecule has 2 aromatic carbocycles. The second-order valence-corrected chi connectivity index (χ2v) is 6.74. The number of nitrogens with zero attached hydrogens (tertiary/aromatic N) is 1. The highest BCUT2D eigenvalue weighted by Crippen LogP contribution is 2.33. The fourth-order valence-corrected chi connectivity index (χ4v) is 3.30. The maximum absolute atomic E-state index is 6.22. The number of hydrogen-bond donors (Lipinski definition) is 2. The molecule has 0 amide bonds. The molecule has 0 saturated carbocycles. The third-order valence-corrected chi connectivity index (χ3v) is 4.73. The number of hydrogen-bond acceptors (Lipinski definition) is 3. The molecule has 0 aromatic heterocycles. The molecule has 1 aliphatic rings. The van der Waals surface area contributed by atoms with E-state index in [-0.39, 0.29) is 6.04 Å². The molecule has 0 aliphatic carbocycles. The summed E-state index contributed by atoms with van der Waals surface area (Å²) in [4.78, 5) is 2.12. The Bertz CT molecular complexity index is 735. The standard InChI is InChI=1S/C20H24ClN3/c1-22-19-9-6-16(21)13-18(19)15-10-11-23-20(12-15)14-4-7-17(8-5-14)24(2)3/h4-9,12-13,20,22-23H,10-11H2,1-3H3. The quantitative estimate of drug-likeness (QED) is 0.853. The summed E-state index contributed by atoms with van der Waals surface area (Å²) < 4.78 is 0. The molecule has 1 unspecified atom stereocenters. The van der Waals surface area contributed by atoms with Crippen LogP contribution in [0.15, 0.2) is 48.5 Å². The smallest absolute Gasteiger partial charge is 0.0512 e. The lowest BCUT2D eigenvalue weighted by atomic mass is 9.93. The molecule has 1 heterocycles. The molecule has 2 N–H and O–H groups in total. The first-order valence-electron chi connectivity index (χ1n) is 8.27. The van der Waals surface area contributed by atoms with Crippen molar-refractivity contribution >= 4 is 28.5 Å². The second kappa shape index (κ2) is 7.29. The molecule has 4 heteroatoms. The van der Waals surface area contributed by atoms with E-state index in [4.69, 9.17) is 11.6 Å². The Hall–Kier alpha value is -1.97. The highest BCUT2D eigenvalue weighted by molar-refractivity contribution is 6.30. The van der Waals surface area contributed by atoms with Gasteiger partial charge in [0, 0.05) is 49.6 Å². The molecule has 0 spiro atoms. The number of halogens is 1. The third kappa shape index (κ3) is 3.58. The van der Waals surface area contributed by atoms with E-state index in [1.165, 1.54) is 22.4 Å². The van der Waals surface area contributed by atoms with Crippen molar-refractivity contribution in [3.05, 3.63) is 64.7 Å². The van der Waals surface area contributed by atoms with E-state index in [9.17, 15) is 0 Å². The van der Waals surface area contributed by atoms with Crippen LogP contribution in [-0.2, 0) is 0 Å². The highest BCUT2D eigenvalue weighted by Gasteiger charge is 2.17. The topological polar surface area (TPSA) is 27.3 Å². The minimum absolute atomic E-state index is 0.230. The fourth-order valence-electron chi connectivity index (χ4n) is 3.12. The van der Waals surface area contributed by atoms with Crippen LogP contribution in [0, 0.1) is 0 Å². The Morgan fingerprint density at radius 3 is 2.54 bits per heavy atom. The van der Waals surface area contributed by atoms with Crippen molar-refractivity contribution in [3.8, 4) is 0 Å². The lowest BCUT2D eigenvalue weighted by Crippen LogP contribution is -2.25. The molecule has 3 rings (SSSR count). The summed E-state index contributed by atoms with van der Waals surface area (Å²) in [5.74, 6) is 0. The SMILES string of the molecule is CNc1ccc(Cl)cc1C1=CC(c2ccc(N(C)C)cc2)NCC1. The first-order valence-corrected chi connectivity index (χ1v) is 8.65. The highest BCUT2D eigenvalue weighted by atomic mass is 35.5. The molecule has 2 aromatic rings. The van der Waals surface area contributed by atoms with Gasteiger partial charge in [0.2, 0.25) is 0 Å². The van der Waals surface area contributed by atoms with Crippen LogP contribution < -0.4 is 15.5 Å². The normalized spacial score (nSPS) is 17.3. The zero-order chi connectivity index (χ0) is 17.1. The fraction of sp³-hybridized carbons (Fsp3) is 0.300. The van der Waals surface area contributed by atoms with Crippen molar-refractivity contribution < 1.29 is 0 Å². The summed E-state index contributed by atoms with van der Waals surface area (Å²) in [5.41, 5.74) is 6.15. The molecule has 0 bridgehead atoms. The van der Waals surface area contributed by atoms with Crippen LogP contribution in [0.4, 0.5) is 11.4 Å². The van der Waals surface area contributed by atoms with Gasteiger partial charge in [0.25, 0.3) is 0 Å². The third-order valence-electron chi connectivity index (χ3n) is 4.49. The van der Waals surface area contributed by atoms with Gasteiger partial charge in [-0.3, -0.25) is 0 Å². The Balaban J connectivity index is 1.92. The number of nitrogens with one attached hydrogen (secondary N) is 2. The van der Waals surface area contributed by atoms with E-state index >= 15 is 0 Å². The average Bonchev–Trinajstić information content (AvgIpc) is 2.62. The molecule has 0 saturated heterocycles. The van der Waals surface area contributed by atoms with Gasteiger partial charge in [-0.05, 0) is 47.9 Å². The van der Waals surface area contributed by atoms with E-state index in [0.29, 0.717) is 0 Å². The van der Waals surface area contributed by atoms with Gasteiger partial charge < -0.3 is 15.5 Å². The molecular weight excluding hydrogens is 318 g/mol. The molecule has 0 fully saturated rings. The van der Waals surface area contributed by atoms with Gasteiger partial charge in [-0.15, -0.1) is 0 Å². The van der Waals surface area contributed by atoms with Crippen molar-refractivity contribution in [2.75, 3.05) is 37.9 Å². The van der Waals surface area contributed by atoms with Gasteiger partial charge in [-0.2, -0.15) is 0 Å². The zero-order valence-electron chi connectivity index (χ0n) is 14.4. The van der Waals surface area contributed by atoms with Gasteiger partial charge >= 0.3 is 0 Å². The van der Waals surface area contributed by atoms with Crippen LogP contribution in [-0.4, -0.2) is 27.7 Å². The maximum atomic E-state index is 6.22. The summed E-state index contributed by atoms with van der Waals surface area (Å²) in [6.45, 7) is 0.960. The lowest BCUT2D eigenvalue weighted by molar-refractivity contribution is 0.609. The maximum Gasteiger partial charge on any atom is 0.0512 e. The molecular formula is C20H24ClN3. The molecule has 3 nitrogen and oxygen atoms in total. The Kier molecular flexibility index (Phi) is 5.12. The van der Waals surface area contributed by atoms with Gasteiger partial charge in [0.1, 0.15) is 0 Å². The number of benzene rings is 2. The molecule has 24 heavy (non-hydrogen) atoms. The van der Waals surface area contributed by atoms with Crippen LogP contribution in [0.5, 0.6) is 0 Å². The molecule has 1 atom stereocenters. The molecule has 1 aliphatic heterocycles. The predicted octanol–water partition coefficient (Wildman–Crippen LogP) is 4.57. The Morgan fingerprint density at radius 2 is 1.88 bits per heavy atom. The largest absolute Gasteiger partial charge is 0.388 e. The summed E-state index contributed by atoms with van der Waals surface area (Å²) >= 11 is 6.22. The van der Waals surface area contributed by atoms with Crippen LogP contribution in [0.25, 0.3) is 5.57 Å². The van der Waals surface area contributed by atoms with E-state index in [0.717, 1.165) is 23.7 Å². The van der Waals surface area contributed by atoms with E-state index in [2.05, 4.69) is 66.0 Å². The second-order valence-electron chi connectivity index (χ2n) is 6.30. The summed E-state index contributed by atoms with van der Waals surface area (Å²) in [7, 11) is 6.07.